The molecule has 0 aliphatic rings. The Hall–Kier alpha value is -0.860. The van der Waals surface area contributed by atoms with Gasteiger partial charge in [-0.2, -0.15) is 5.10 Å². The first-order valence-corrected chi connectivity index (χ1v) is 1.61. The molecule has 0 saturated heterocycles. The lowest BCUT2D eigenvalue weighted by atomic mass is 11.2. The topological polar surface area (TPSA) is 30.7 Å². The number of hydrogen-bond acceptors (Lipinski definition) is 2. The fraction of sp³-hybridized carbons (Fsp3) is 0.333. The maximum absolute atomic E-state index is 3.67. The van der Waals surface area contributed by atoms with Crippen LogP contribution in [0.2, 0.25) is 0 Å². The average molecular weight is 82.1 g/mol. The average Bonchev–Trinajstić information content (AvgIpc) is 1.86. The van der Waals surface area contributed by atoms with Gasteiger partial charge in [-0.15, -0.1) is 0 Å². The molecule has 0 amide bonds. The van der Waals surface area contributed by atoms with Gasteiger partial charge in [0.2, 0.25) is 0 Å². The van der Waals surface area contributed by atoms with Crippen molar-refractivity contribution in [1.29, 1.82) is 0 Å². The third kappa shape index (κ3) is 0.381. The standard InChI is InChI=1S/C3H4N3/c1-6-3-4-2-5-6/h2H,1H3. The summed E-state index contributed by atoms with van der Waals surface area (Å²) >= 11 is 0. The molecule has 1 heterocycles. The summed E-state index contributed by atoms with van der Waals surface area (Å²) in [7, 11) is 1.77. The number of aromatic nitrogens is 3. The second-order valence-corrected chi connectivity index (χ2v) is 0.984. The van der Waals surface area contributed by atoms with Gasteiger partial charge < -0.3 is 0 Å². The Morgan fingerprint density at radius 2 is 2.67 bits per heavy atom. The van der Waals surface area contributed by atoms with E-state index < -0.39 is 0 Å². The Labute approximate surface area is 35.6 Å². The molecule has 3 nitrogen and oxygen atoms in total. The minimum atomic E-state index is 1.44. The Morgan fingerprint density at radius 1 is 1.83 bits per heavy atom. The summed E-state index contributed by atoms with van der Waals surface area (Å²) in [6, 6.07) is 0. The van der Waals surface area contributed by atoms with Crippen LogP contribution in [0, 0.1) is 6.33 Å². The molecule has 6 heavy (non-hydrogen) atoms. The fourth-order valence-electron chi connectivity index (χ4n) is 0.238. The fourth-order valence-corrected chi connectivity index (χ4v) is 0.238. The molecule has 0 aliphatic heterocycles. The van der Waals surface area contributed by atoms with E-state index in [0.29, 0.717) is 0 Å². The molecule has 0 fully saturated rings. The van der Waals surface area contributed by atoms with Crippen molar-refractivity contribution in [3.63, 3.8) is 0 Å². The van der Waals surface area contributed by atoms with E-state index in [1.54, 1.807) is 7.05 Å². The number of aryl methyl sites for hydroxylation is 1. The first-order chi connectivity index (χ1) is 2.89. The molecule has 1 aromatic heterocycles. The lowest BCUT2D eigenvalue weighted by molar-refractivity contribution is 0.759. The van der Waals surface area contributed by atoms with Crippen LogP contribution in [0.15, 0.2) is 6.33 Å². The normalized spacial score (nSPS) is 8.83. The smallest absolute Gasteiger partial charge is 0.195 e. The molecular formula is C3H4N3. The third-order valence-corrected chi connectivity index (χ3v) is 0.485. The Kier molecular flexibility index (Phi) is 0.602. The second kappa shape index (κ2) is 1.08. The molecule has 31 valence electrons. The first-order valence-electron chi connectivity index (χ1n) is 1.61. The van der Waals surface area contributed by atoms with Gasteiger partial charge in [0.05, 0.1) is 0 Å². The summed E-state index contributed by atoms with van der Waals surface area (Å²) < 4.78 is 1.51. The van der Waals surface area contributed by atoms with Crippen LogP contribution in [-0.2, 0) is 7.05 Å². The quantitative estimate of drug-likeness (QED) is 0.427. The van der Waals surface area contributed by atoms with E-state index in [4.69, 9.17) is 0 Å². The van der Waals surface area contributed by atoms with E-state index in [2.05, 4.69) is 16.4 Å². The zero-order valence-electron chi connectivity index (χ0n) is 3.42. The molecule has 1 radical (unpaired) electrons. The first kappa shape index (κ1) is 3.33. The summed E-state index contributed by atoms with van der Waals surface area (Å²) in [5.41, 5.74) is 0. The predicted molar refractivity (Wildman–Crippen MR) is 19.8 cm³/mol. The van der Waals surface area contributed by atoms with Gasteiger partial charge in [0.25, 0.3) is 0 Å². The van der Waals surface area contributed by atoms with Crippen molar-refractivity contribution in [3.8, 4) is 0 Å². The summed E-state index contributed by atoms with van der Waals surface area (Å²) in [6.45, 7) is 0. The summed E-state index contributed by atoms with van der Waals surface area (Å²) in [5.74, 6) is 0. The molecule has 3 heteroatoms. The summed E-state index contributed by atoms with van der Waals surface area (Å²) in [4.78, 5) is 3.55. The molecule has 0 aliphatic carbocycles. The lowest BCUT2D eigenvalue weighted by Gasteiger charge is -1.73. The van der Waals surface area contributed by atoms with E-state index in [-0.39, 0.29) is 0 Å². The number of nitrogens with zero attached hydrogens (tertiary/aromatic N) is 3. The zero-order chi connectivity index (χ0) is 4.41. The summed E-state index contributed by atoms with van der Waals surface area (Å²) in [5, 5.41) is 3.67. The highest BCUT2D eigenvalue weighted by Gasteiger charge is 1.72. The lowest BCUT2D eigenvalue weighted by Crippen LogP contribution is -1.84. The van der Waals surface area contributed by atoms with Gasteiger partial charge >= 0.3 is 0 Å². The van der Waals surface area contributed by atoms with Gasteiger partial charge in [0.15, 0.2) is 6.33 Å². The van der Waals surface area contributed by atoms with Crippen LogP contribution in [0.3, 0.4) is 0 Å². The van der Waals surface area contributed by atoms with E-state index >= 15 is 0 Å². The van der Waals surface area contributed by atoms with Crippen molar-refractivity contribution in [3.05, 3.63) is 12.7 Å². The molecule has 0 N–H and O–H groups in total. The third-order valence-electron chi connectivity index (χ3n) is 0.485. The Morgan fingerprint density at radius 3 is 2.83 bits per heavy atom. The van der Waals surface area contributed by atoms with Crippen molar-refractivity contribution in [2.45, 2.75) is 0 Å². The molecule has 1 aromatic rings. The van der Waals surface area contributed by atoms with Gasteiger partial charge in [-0.05, 0) is 0 Å². The van der Waals surface area contributed by atoms with Crippen LogP contribution in [-0.4, -0.2) is 14.8 Å². The molecular weight excluding hydrogens is 78.1 g/mol. The van der Waals surface area contributed by atoms with Crippen LogP contribution in [0.5, 0.6) is 0 Å². The highest BCUT2D eigenvalue weighted by Crippen LogP contribution is 1.63. The highest BCUT2D eigenvalue weighted by atomic mass is 15.3. The minimum absolute atomic E-state index is 1.44. The SMILES string of the molecule is Cn1[c]ncn1. The van der Waals surface area contributed by atoms with Crippen molar-refractivity contribution < 1.29 is 0 Å². The van der Waals surface area contributed by atoms with Crippen LogP contribution in [0.25, 0.3) is 0 Å². The molecule has 0 aromatic carbocycles. The van der Waals surface area contributed by atoms with E-state index in [0.717, 1.165) is 0 Å². The molecule has 0 atom stereocenters. The van der Waals surface area contributed by atoms with Gasteiger partial charge in [0.1, 0.15) is 6.33 Å². The monoisotopic (exact) mass is 82.0 g/mol. The maximum Gasteiger partial charge on any atom is 0.195 e. The van der Waals surface area contributed by atoms with Gasteiger partial charge in [0, 0.05) is 7.05 Å². The number of hydrogen-bond donors (Lipinski definition) is 0. The van der Waals surface area contributed by atoms with Crippen molar-refractivity contribution in [2.24, 2.45) is 7.05 Å². The Balaban J connectivity index is 3.05. The molecule has 0 saturated carbocycles. The van der Waals surface area contributed by atoms with Gasteiger partial charge in [-0.25, -0.2) is 9.67 Å². The molecule has 0 spiro atoms. The van der Waals surface area contributed by atoms with Crippen molar-refractivity contribution >= 4 is 0 Å². The van der Waals surface area contributed by atoms with Crippen LogP contribution in [0.4, 0.5) is 0 Å². The van der Waals surface area contributed by atoms with Crippen molar-refractivity contribution in [2.75, 3.05) is 0 Å². The van der Waals surface area contributed by atoms with E-state index in [1.165, 1.54) is 11.0 Å². The van der Waals surface area contributed by atoms with Crippen LogP contribution in [0.1, 0.15) is 0 Å². The largest absolute Gasteiger partial charge is 0.246 e. The zero-order valence-corrected chi connectivity index (χ0v) is 3.42. The van der Waals surface area contributed by atoms with Gasteiger partial charge in [-0.3, -0.25) is 0 Å². The van der Waals surface area contributed by atoms with E-state index in [1.807, 2.05) is 0 Å². The van der Waals surface area contributed by atoms with Crippen LogP contribution >= 0.6 is 0 Å². The maximum atomic E-state index is 3.67. The summed E-state index contributed by atoms with van der Waals surface area (Å²) in [6.07, 6.45) is 4.00. The molecule has 0 bridgehead atoms. The number of rotatable bonds is 0. The molecule has 1 rings (SSSR count). The van der Waals surface area contributed by atoms with Crippen molar-refractivity contribution in [1.82, 2.24) is 14.8 Å². The van der Waals surface area contributed by atoms with Gasteiger partial charge in [-0.1, -0.05) is 0 Å². The highest BCUT2D eigenvalue weighted by molar-refractivity contribution is 4.46. The Bertz CT molecular complexity index is 110. The minimum Gasteiger partial charge on any atom is -0.246 e. The second-order valence-electron chi connectivity index (χ2n) is 0.984. The molecule has 0 unspecified atom stereocenters. The predicted octanol–water partition coefficient (Wildman–Crippen LogP) is -0.385. The van der Waals surface area contributed by atoms with E-state index in [9.17, 15) is 0 Å². The van der Waals surface area contributed by atoms with Crippen LogP contribution < -0.4 is 0 Å².